The molecule has 0 saturated heterocycles. The zero-order valence-electron chi connectivity index (χ0n) is 10.1. The highest BCUT2D eigenvalue weighted by Gasteiger charge is 2.23. The van der Waals surface area contributed by atoms with Gasteiger partial charge in [-0.2, -0.15) is 0 Å². The normalized spacial score (nSPS) is 16.5. The fraction of sp³-hybridized carbons (Fsp3) is 0.500. The van der Waals surface area contributed by atoms with Crippen LogP contribution in [0, 0.1) is 11.8 Å². The third-order valence-corrected chi connectivity index (χ3v) is 3.24. The lowest BCUT2D eigenvalue weighted by Crippen LogP contribution is -2.37. The molecule has 0 radical (unpaired) electrons. The van der Waals surface area contributed by atoms with Crippen molar-refractivity contribution in [3.8, 4) is 0 Å². The number of benzene rings is 1. The molecule has 1 atom stereocenters. The van der Waals surface area contributed by atoms with Crippen LogP contribution in [0.5, 0.6) is 0 Å². The number of rotatable bonds is 6. The van der Waals surface area contributed by atoms with Crippen LogP contribution in [0.4, 0.5) is 0 Å². The molecule has 0 bridgehead atoms. The minimum absolute atomic E-state index is 0.100. The third kappa shape index (κ3) is 3.86. The Morgan fingerprint density at radius 2 is 2.06 bits per heavy atom. The van der Waals surface area contributed by atoms with Gasteiger partial charge in [0, 0.05) is 13.1 Å². The van der Waals surface area contributed by atoms with Gasteiger partial charge in [-0.3, -0.25) is 4.79 Å². The summed E-state index contributed by atoms with van der Waals surface area (Å²) in [5.74, 6) is 0.716. The Hall–Kier alpha value is -1.35. The summed E-state index contributed by atoms with van der Waals surface area (Å²) < 4.78 is 0. The first-order valence-electron chi connectivity index (χ1n) is 6.31. The van der Waals surface area contributed by atoms with Crippen molar-refractivity contribution in [2.75, 3.05) is 13.1 Å². The van der Waals surface area contributed by atoms with Gasteiger partial charge in [0.05, 0.1) is 5.92 Å². The van der Waals surface area contributed by atoms with Crippen molar-refractivity contribution in [3.05, 3.63) is 35.9 Å². The molecule has 1 aromatic carbocycles. The number of hydrogen-bond acceptors (Lipinski definition) is 2. The molecule has 1 amide bonds. The topological polar surface area (TPSA) is 55.1 Å². The fourth-order valence-corrected chi connectivity index (χ4v) is 1.89. The zero-order chi connectivity index (χ0) is 12.1. The molecule has 2 rings (SSSR count). The van der Waals surface area contributed by atoms with Crippen molar-refractivity contribution in [1.29, 1.82) is 0 Å². The number of carbonyl (C=O) groups excluding carboxylic acids is 1. The Kier molecular flexibility index (Phi) is 4.15. The Morgan fingerprint density at radius 1 is 1.35 bits per heavy atom. The minimum Gasteiger partial charge on any atom is -0.356 e. The molecule has 1 aliphatic carbocycles. The van der Waals surface area contributed by atoms with E-state index in [1.54, 1.807) is 0 Å². The average molecular weight is 232 g/mol. The van der Waals surface area contributed by atoms with Crippen LogP contribution in [0.2, 0.25) is 0 Å². The molecule has 0 spiro atoms. The van der Waals surface area contributed by atoms with E-state index in [0.29, 0.717) is 12.5 Å². The second-order valence-corrected chi connectivity index (χ2v) is 4.81. The predicted molar refractivity (Wildman–Crippen MR) is 68.4 cm³/mol. The molecule has 1 saturated carbocycles. The van der Waals surface area contributed by atoms with Gasteiger partial charge in [-0.05, 0) is 30.7 Å². The Labute approximate surface area is 102 Å². The summed E-state index contributed by atoms with van der Waals surface area (Å²) in [6.45, 7) is 1.23. The van der Waals surface area contributed by atoms with Crippen molar-refractivity contribution < 1.29 is 4.79 Å². The van der Waals surface area contributed by atoms with Gasteiger partial charge in [-0.1, -0.05) is 30.3 Å². The summed E-state index contributed by atoms with van der Waals surface area (Å²) in [6, 6.07) is 10.0. The van der Waals surface area contributed by atoms with E-state index in [1.165, 1.54) is 18.4 Å². The van der Waals surface area contributed by atoms with Crippen molar-refractivity contribution in [2.24, 2.45) is 17.6 Å². The highest BCUT2D eigenvalue weighted by atomic mass is 16.1. The Balaban J connectivity index is 1.84. The second kappa shape index (κ2) is 5.82. The van der Waals surface area contributed by atoms with Gasteiger partial charge in [-0.15, -0.1) is 0 Å². The molecule has 1 aliphatic rings. The molecule has 1 aromatic rings. The number of nitrogens with one attached hydrogen (secondary N) is 1. The average Bonchev–Trinajstić information content (AvgIpc) is 3.18. The number of carbonyl (C=O) groups is 1. The largest absolute Gasteiger partial charge is 0.356 e. The van der Waals surface area contributed by atoms with Crippen LogP contribution in [0.15, 0.2) is 30.3 Å². The molecule has 0 aromatic heterocycles. The van der Waals surface area contributed by atoms with Crippen LogP contribution in [0.3, 0.4) is 0 Å². The fourth-order valence-electron chi connectivity index (χ4n) is 1.89. The van der Waals surface area contributed by atoms with Crippen molar-refractivity contribution in [2.45, 2.75) is 19.3 Å². The first-order chi connectivity index (χ1) is 8.29. The summed E-state index contributed by atoms with van der Waals surface area (Å²) in [6.07, 6.45) is 3.24. The van der Waals surface area contributed by atoms with Gasteiger partial charge in [0.1, 0.15) is 0 Å². The maximum atomic E-state index is 11.9. The van der Waals surface area contributed by atoms with Gasteiger partial charge >= 0.3 is 0 Å². The van der Waals surface area contributed by atoms with Gasteiger partial charge in [0.15, 0.2) is 0 Å². The summed E-state index contributed by atoms with van der Waals surface area (Å²) in [7, 11) is 0. The SMILES string of the molecule is NCC(Cc1ccccc1)C(=O)NCC1CC1. The number of nitrogens with two attached hydrogens (primary N) is 1. The molecule has 3 N–H and O–H groups in total. The molecule has 3 nitrogen and oxygen atoms in total. The monoisotopic (exact) mass is 232 g/mol. The lowest BCUT2D eigenvalue weighted by Gasteiger charge is -2.14. The highest BCUT2D eigenvalue weighted by Crippen LogP contribution is 2.27. The first kappa shape index (κ1) is 12.1. The van der Waals surface area contributed by atoms with E-state index in [0.717, 1.165) is 13.0 Å². The first-order valence-corrected chi connectivity index (χ1v) is 6.31. The maximum absolute atomic E-state index is 11.9. The van der Waals surface area contributed by atoms with Crippen LogP contribution in [-0.2, 0) is 11.2 Å². The van der Waals surface area contributed by atoms with Crippen molar-refractivity contribution in [1.82, 2.24) is 5.32 Å². The van der Waals surface area contributed by atoms with Crippen LogP contribution < -0.4 is 11.1 Å². The van der Waals surface area contributed by atoms with Crippen LogP contribution in [-0.4, -0.2) is 19.0 Å². The van der Waals surface area contributed by atoms with Crippen LogP contribution >= 0.6 is 0 Å². The lowest BCUT2D eigenvalue weighted by molar-refractivity contribution is -0.124. The van der Waals surface area contributed by atoms with Gasteiger partial charge in [0.25, 0.3) is 0 Å². The number of amides is 1. The summed E-state index contributed by atoms with van der Waals surface area (Å²) in [4.78, 5) is 11.9. The molecule has 1 unspecified atom stereocenters. The van der Waals surface area contributed by atoms with E-state index >= 15 is 0 Å². The third-order valence-electron chi connectivity index (χ3n) is 3.24. The second-order valence-electron chi connectivity index (χ2n) is 4.81. The van der Waals surface area contributed by atoms with Gasteiger partial charge in [-0.25, -0.2) is 0 Å². The minimum atomic E-state index is -0.101. The Morgan fingerprint density at radius 3 is 2.65 bits per heavy atom. The standard InChI is InChI=1S/C14H20N2O/c15-9-13(8-11-4-2-1-3-5-11)14(17)16-10-12-6-7-12/h1-5,12-13H,6-10,15H2,(H,16,17). The van der Waals surface area contributed by atoms with Crippen LogP contribution in [0.25, 0.3) is 0 Å². The molecule has 1 fully saturated rings. The van der Waals surface area contributed by atoms with E-state index in [4.69, 9.17) is 5.73 Å². The van der Waals surface area contributed by atoms with Gasteiger partial charge in [0.2, 0.25) is 5.91 Å². The predicted octanol–water partition coefficient (Wildman–Crippen LogP) is 1.33. The highest BCUT2D eigenvalue weighted by molar-refractivity contribution is 5.79. The quantitative estimate of drug-likeness (QED) is 0.777. The van der Waals surface area contributed by atoms with E-state index in [-0.39, 0.29) is 11.8 Å². The molecule has 3 heteroatoms. The van der Waals surface area contributed by atoms with E-state index < -0.39 is 0 Å². The summed E-state index contributed by atoms with van der Waals surface area (Å²) in [5.41, 5.74) is 6.85. The molecular formula is C14H20N2O. The summed E-state index contributed by atoms with van der Waals surface area (Å²) in [5, 5.41) is 3.00. The van der Waals surface area contributed by atoms with Crippen LogP contribution in [0.1, 0.15) is 18.4 Å². The van der Waals surface area contributed by atoms with E-state index in [1.807, 2.05) is 30.3 Å². The molecule has 0 aliphatic heterocycles. The molecular weight excluding hydrogens is 212 g/mol. The van der Waals surface area contributed by atoms with Crippen molar-refractivity contribution >= 4 is 5.91 Å². The number of hydrogen-bond donors (Lipinski definition) is 2. The lowest BCUT2D eigenvalue weighted by atomic mass is 9.98. The molecule has 0 heterocycles. The van der Waals surface area contributed by atoms with Gasteiger partial charge < -0.3 is 11.1 Å². The zero-order valence-corrected chi connectivity index (χ0v) is 10.1. The van der Waals surface area contributed by atoms with E-state index in [2.05, 4.69) is 5.32 Å². The summed E-state index contributed by atoms with van der Waals surface area (Å²) >= 11 is 0. The molecule has 17 heavy (non-hydrogen) atoms. The smallest absolute Gasteiger partial charge is 0.224 e. The van der Waals surface area contributed by atoms with Crippen molar-refractivity contribution in [3.63, 3.8) is 0 Å². The Bertz CT molecular complexity index is 360. The van der Waals surface area contributed by atoms with E-state index in [9.17, 15) is 4.79 Å². The maximum Gasteiger partial charge on any atom is 0.224 e. The molecule has 92 valence electrons.